The number of hydrogen-bond acceptors (Lipinski definition) is 6. The maximum atomic E-state index is 11.7. The van der Waals surface area contributed by atoms with E-state index in [9.17, 15) is 19.2 Å². The summed E-state index contributed by atoms with van der Waals surface area (Å²) in [4.78, 5) is 46.9. The molecule has 152 valence electrons. The Hall–Kier alpha value is -3.28. The monoisotopic (exact) mass is 396 g/mol. The van der Waals surface area contributed by atoms with Crippen LogP contribution in [0.3, 0.4) is 0 Å². The third-order valence-electron chi connectivity index (χ3n) is 4.19. The van der Waals surface area contributed by atoms with Crippen LogP contribution in [0.1, 0.15) is 65.7 Å². The number of ether oxygens (including phenoxy) is 2. The van der Waals surface area contributed by atoms with Crippen LogP contribution >= 0.6 is 0 Å². The molecule has 0 aliphatic heterocycles. The summed E-state index contributed by atoms with van der Waals surface area (Å²) in [5.41, 5.74) is 0.692. The normalized spacial score (nSPS) is 10.2. The number of unbranched alkanes of at least 4 members (excludes halogenated alkanes) is 4. The summed E-state index contributed by atoms with van der Waals surface area (Å²) in [6.45, 7) is 0. The predicted molar refractivity (Wildman–Crippen MR) is 106 cm³/mol. The molecule has 0 fully saturated rings. The molecule has 0 aromatic heterocycles. The van der Waals surface area contributed by atoms with Crippen LogP contribution in [-0.4, -0.2) is 23.9 Å². The molecular formula is C23H24O6. The Labute approximate surface area is 169 Å². The maximum absolute atomic E-state index is 11.7. The van der Waals surface area contributed by atoms with Crippen molar-refractivity contribution in [3.8, 4) is 0 Å². The molecule has 2 rings (SSSR count). The van der Waals surface area contributed by atoms with Crippen LogP contribution in [0.5, 0.6) is 0 Å². The summed E-state index contributed by atoms with van der Waals surface area (Å²) in [6.07, 6.45) is 3.97. The van der Waals surface area contributed by atoms with Crippen LogP contribution in [0.15, 0.2) is 60.7 Å². The number of carbonyl (C=O) groups is 4. The lowest BCUT2D eigenvalue weighted by Gasteiger charge is -2.04. The van der Waals surface area contributed by atoms with E-state index in [1.165, 1.54) is 0 Å². The SMILES string of the molecule is O=C(CCCCCCCC(=O)OC(=O)c1ccccc1)OC(=O)c1ccccc1. The van der Waals surface area contributed by atoms with Crippen molar-refractivity contribution >= 4 is 23.9 Å². The van der Waals surface area contributed by atoms with Gasteiger partial charge >= 0.3 is 23.9 Å². The number of hydrogen-bond donors (Lipinski definition) is 0. The fraction of sp³-hybridized carbons (Fsp3) is 0.304. The Morgan fingerprint density at radius 3 is 1.24 bits per heavy atom. The first-order valence-electron chi connectivity index (χ1n) is 9.66. The van der Waals surface area contributed by atoms with E-state index in [1.54, 1.807) is 60.7 Å². The molecule has 0 heterocycles. The first-order chi connectivity index (χ1) is 14.1. The molecule has 0 amide bonds. The van der Waals surface area contributed by atoms with Gasteiger partial charge in [-0.1, -0.05) is 55.7 Å². The minimum absolute atomic E-state index is 0.173. The quantitative estimate of drug-likeness (QED) is 0.334. The van der Waals surface area contributed by atoms with Crippen LogP contribution in [0.2, 0.25) is 0 Å². The Kier molecular flexibility index (Phi) is 9.29. The highest BCUT2D eigenvalue weighted by atomic mass is 16.6. The molecule has 0 bridgehead atoms. The molecule has 6 nitrogen and oxygen atoms in total. The molecule has 0 radical (unpaired) electrons. The number of rotatable bonds is 10. The molecule has 0 N–H and O–H groups in total. The summed E-state index contributed by atoms with van der Waals surface area (Å²) >= 11 is 0. The van der Waals surface area contributed by atoms with Gasteiger partial charge in [-0.25, -0.2) is 9.59 Å². The van der Waals surface area contributed by atoms with Crippen LogP contribution in [0, 0.1) is 0 Å². The third kappa shape index (κ3) is 8.51. The Bertz CT molecular complexity index is 744. The first kappa shape index (κ1) is 22.0. The average Bonchev–Trinajstić information content (AvgIpc) is 2.74. The second kappa shape index (κ2) is 12.2. The van der Waals surface area contributed by atoms with Crippen molar-refractivity contribution in [2.45, 2.75) is 44.9 Å². The number of esters is 4. The topological polar surface area (TPSA) is 86.7 Å². The summed E-state index contributed by atoms with van der Waals surface area (Å²) < 4.78 is 9.60. The molecule has 2 aromatic rings. The molecule has 6 heteroatoms. The molecule has 0 saturated heterocycles. The molecule has 2 aromatic carbocycles. The zero-order valence-electron chi connectivity index (χ0n) is 16.2. The molecule has 0 atom stereocenters. The summed E-state index contributed by atoms with van der Waals surface area (Å²) in [6, 6.07) is 16.7. The number of benzene rings is 2. The molecule has 0 spiro atoms. The zero-order chi connectivity index (χ0) is 20.9. The van der Waals surface area contributed by atoms with Gasteiger partial charge in [-0.15, -0.1) is 0 Å². The van der Waals surface area contributed by atoms with E-state index in [4.69, 9.17) is 9.47 Å². The molecule has 0 aliphatic carbocycles. The van der Waals surface area contributed by atoms with E-state index < -0.39 is 23.9 Å². The van der Waals surface area contributed by atoms with Crippen LogP contribution in [0.25, 0.3) is 0 Å². The maximum Gasteiger partial charge on any atom is 0.345 e. The number of carbonyl (C=O) groups excluding carboxylic acids is 4. The predicted octanol–water partition coefficient (Wildman–Crippen LogP) is 4.48. The lowest BCUT2D eigenvalue weighted by Crippen LogP contribution is -2.12. The summed E-state index contributed by atoms with van der Waals surface area (Å²) in [5.74, 6) is -2.36. The molecular weight excluding hydrogens is 372 g/mol. The molecule has 29 heavy (non-hydrogen) atoms. The molecule has 0 unspecified atom stereocenters. The zero-order valence-corrected chi connectivity index (χ0v) is 16.2. The summed E-state index contributed by atoms with van der Waals surface area (Å²) in [5, 5.41) is 0. The minimum Gasteiger partial charge on any atom is -0.389 e. The second-order valence-electron chi connectivity index (χ2n) is 6.52. The van der Waals surface area contributed by atoms with Crippen LogP contribution in [-0.2, 0) is 19.1 Å². The highest BCUT2D eigenvalue weighted by Crippen LogP contribution is 2.10. The van der Waals surface area contributed by atoms with Crippen molar-refractivity contribution in [1.29, 1.82) is 0 Å². The van der Waals surface area contributed by atoms with Crippen molar-refractivity contribution < 1.29 is 28.7 Å². The lowest BCUT2D eigenvalue weighted by molar-refractivity contribution is -0.139. The van der Waals surface area contributed by atoms with Gasteiger partial charge in [0.25, 0.3) is 0 Å². The summed E-state index contributed by atoms with van der Waals surface area (Å²) in [7, 11) is 0. The third-order valence-corrected chi connectivity index (χ3v) is 4.19. The highest BCUT2D eigenvalue weighted by molar-refractivity contribution is 5.97. The van der Waals surface area contributed by atoms with Crippen molar-refractivity contribution in [2.24, 2.45) is 0 Å². The van der Waals surface area contributed by atoms with E-state index in [1.807, 2.05) is 0 Å². The minimum atomic E-state index is -0.640. The van der Waals surface area contributed by atoms with Gasteiger partial charge in [-0.2, -0.15) is 0 Å². The van der Waals surface area contributed by atoms with Gasteiger partial charge in [0, 0.05) is 12.8 Å². The van der Waals surface area contributed by atoms with Crippen LogP contribution in [0.4, 0.5) is 0 Å². The van der Waals surface area contributed by atoms with E-state index in [2.05, 4.69) is 0 Å². The van der Waals surface area contributed by atoms with Gasteiger partial charge in [-0.3, -0.25) is 9.59 Å². The van der Waals surface area contributed by atoms with Gasteiger partial charge < -0.3 is 9.47 Å². The first-order valence-corrected chi connectivity index (χ1v) is 9.66. The lowest BCUT2D eigenvalue weighted by atomic mass is 10.1. The highest BCUT2D eigenvalue weighted by Gasteiger charge is 2.13. The standard InChI is InChI=1S/C23H24O6/c24-20(28-22(26)18-12-6-4-7-13-18)16-10-2-1-3-11-17-21(25)29-23(27)19-14-8-5-9-15-19/h4-9,12-15H,1-3,10-11,16-17H2. The van der Waals surface area contributed by atoms with Crippen molar-refractivity contribution in [3.05, 3.63) is 71.8 Å². The van der Waals surface area contributed by atoms with E-state index in [0.717, 1.165) is 19.3 Å². The average molecular weight is 396 g/mol. The van der Waals surface area contributed by atoms with Gasteiger partial charge in [0.05, 0.1) is 11.1 Å². The van der Waals surface area contributed by atoms with Crippen molar-refractivity contribution in [2.75, 3.05) is 0 Å². The van der Waals surface area contributed by atoms with E-state index in [-0.39, 0.29) is 12.8 Å². The van der Waals surface area contributed by atoms with Gasteiger partial charge in [0.2, 0.25) is 0 Å². The Morgan fingerprint density at radius 1 is 0.517 bits per heavy atom. The van der Waals surface area contributed by atoms with E-state index in [0.29, 0.717) is 24.0 Å². The van der Waals surface area contributed by atoms with Gasteiger partial charge in [-0.05, 0) is 37.1 Å². The Balaban J connectivity index is 1.50. The van der Waals surface area contributed by atoms with Crippen molar-refractivity contribution in [1.82, 2.24) is 0 Å². The fourth-order valence-corrected chi connectivity index (χ4v) is 2.64. The fourth-order valence-electron chi connectivity index (χ4n) is 2.64. The van der Waals surface area contributed by atoms with Gasteiger partial charge in [0.15, 0.2) is 0 Å². The van der Waals surface area contributed by atoms with Crippen molar-refractivity contribution in [3.63, 3.8) is 0 Å². The second-order valence-corrected chi connectivity index (χ2v) is 6.52. The van der Waals surface area contributed by atoms with Gasteiger partial charge in [0.1, 0.15) is 0 Å². The van der Waals surface area contributed by atoms with E-state index >= 15 is 0 Å². The molecule has 0 aliphatic rings. The van der Waals surface area contributed by atoms with Crippen LogP contribution < -0.4 is 0 Å². The molecule has 0 saturated carbocycles. The Morgan fingerprint density at radius 2 is 0.862 bits per heavy atom. The smallest absolute Gasteiger partial charge is 0.345 e. The largest absolute Gasteiger partial charge is 0.389 e.